The number of nitriles is 1. The molecular weight excluding hydrogens is 556 g/mol. The molecule has 2 aromatic heterocycles. The molecule has 210 valence electrons. The molecule has 1 N–H and O–H groups in total. The Bertz CT molecular complexity index is 1340. The number of alkyl halides is 3. The van der Waals surface area contributed by atoms with E-state index >= 15 is 0 Å². The van der Waals surface area contributed by atoms with Crippen LogP contribution in [0.3, 0.4) is 0 Å². The molecule has 0 saturated carbocycles. The van der Waals surface area contributed by atoms with Crippen LogP contribution in [0, 0.1) is 17.1 Å². The maximum atomic E-state index is 14.1. The smallest absolute Gasteiger partial charge is 0.361 e. The summed E-state index contributed by atoms with van der Waals surface area (Å²) in [5.41, 5.74) is 0.374. The largest absolute Gasteiger partial charge is 0.396 e. The van der Waals surface area contributed by atoms with Gasteiger partial charge in [0.2, 0.25) is 0 Å². The minimum absolute atomic E-state index is 0.0338. The summed E-state index contributed by atoms with van der Waals surface area (Å²) >= 11 is 5.97. The van der Waals surface area contributed by atoms with Crippen LogP contribution >= 0.6 is 11.6 Å². The number of nitrogens with zero attached hydrogens (tertiary/aromatic N) is 5. The molecule has 2 heterocycles. The van der Waals surface area contributed by atoms with Crippen LogP contribution in [0.4, 0.5) is 17.6 Å². The van der Waals surface area contributed by atoms with Gasteiger partial charge in [0.15, 0.2) is 0 Å². The maximum Gasteiger partial charge on any atom is 0.396 e. The standard InChI is InChI=1S/C25H29ClF4N6O2Si/c1-16(13-36-6-5-21(34-36)17-9-19(26)18(12-31)20(27)10-17)32-24(37)22-14-35(15-38-7-8-39(2,3)4)23(33-22)11-25(28,29)30/h5-6,9-10,14,16H,7-8,11,13,15H2,1-4H3,(H,32,37). The fourth-order valence-corrected chi connectivity index (χ4v) is 4.61. The van der Waals surface area contributed by atoms with Crippen molar-refractivity contribution in [3.8, 4) is 17.3 Å². The summed E-state index contributed by atoms with van der Waals surface area (Å²) in [6, 6.07) is 6.29. The highest BCUT2D eigenvalue weighted by Crippen LogP contribution is 2.27. The van der Waals surface area contributed by atoms with Gasteiger partial charge in [-0.25, -0.2) is 9.37 Å². The number of carbonyl (C=O) groups is 1. The number of hydrogen-bond acceptors (Lipinski definition) is 5. The summed E-state index contributed by atoms with van der Waals surface area (Å²) in [4.78, 5) is 16.7. The van der Waals surface area contributed by atoms with Gasteiger partial charge >= 0.3 is 6.18 Å². The first-order chi connectivity index (χ1) is 18.1. The lowest BCUT2D eigenvalue weighted by molar-refractivity contribution is -0.129. The Hall–Kier alpha value is -3.21. The van der Waals surface area contributed by atoms with Gasteiger partial charge in [0.05, 0.1) is 17.3 Å². The molecule has 3 rings (SSSR count). The first-order valence-corrected chi connectivity index (χ1v) is 16.2. The van der Waals surface area contributed by atoms with Crippen LogP contribution in [0.15, 0.2) is 30.6 Å². The van der Waals surface area contributed by atoms with Crippen LogP contribution in [0.25, 0.3) is 11.3 Å². The lowest BCUT2D eigenvalue weighted by Gasteiger charge is -2.16. The van der Waals surface area contributed by atoms with Crippen molar-refractivity contribution in [3.05, 3.63) is 58.5 Å². The van der Waals surface area contributed by atoms with E-state index in [1.54, 1.807) is 25.3 Å². The van der Waals surface area contributed by atoms with Crippen molar-refractivity contribution in [1.82, 2.24) is 24.6 Å². The number of ether oxygens (including phenoxy) is 1. The third kappa shape index (κ3) is 8.91. The molecule has 14 heteroatoms. The van der Waals surface area contributed by atoms with Gasteiger partial charge in [-0.15, -0.1) is 0 Å². The first-order valence-electron chi connectivity index (χ1n) is 12.1. The summed E-state index contributed by atoms with van der Waals surface area (Å²) in [5.74, 6) is -1.71. The predicted octanol–water partition coefficient (Wildman–Crippen LogP) is 5.65. The molecule has 0 aliphatic heterocycles. The third-order valence-corrected chi connectivity index (χ3v) is 7.61. The second-order valence-electron chi connectivity index (χ2n) is 10.4. The van der Waals surface area contributed by atoms with Crippen molar-refractivity contribution in [1.29, 1.82) is 5.26 Å². The molecular formula is C25H29ClF4N6O2Si. The van der Waals surface area contributed by atoms with Gasteiger partial charge < -0.3 is 14.6 Å². The number of amides is 1. The molecule has 0 aliphatic carbocycles. The van der Waals surface area contributed by atoms with Gasteiger partial charge in [-0.3, -0.25) is 9.48 Å². The molecule has 0 saturated heterocycles. The molecule has 1 aromatic carbocycles. The number of imidazole rings is 1. The zero-order valence-electron chi connectivity index (χ0n) is 21.9. The summed E-state index contributed by atoms with van der Waals surface area (Å²) < 4.78 is 61.7. The molecule has 0 spiro atoms. The first kappa shape index (κ1) is 30.3. The van der Waals surface area contributed by atoms with Gasteiger partial charge in [0.1, 0.15) is 42.1 Å². The van der Waals surface area contributed by atoms with Crippen molar-refractivity contribution < 1.29 is 27.1 Å². The Morgan fingerprint density at radius 3 is 2.64 bits per heavy atom. The lowest BCUT2D eigenvalue weighted by Crippen LogP contribution is -2.36. The van der Waals surface area contributed by atoms with Crippen LogP contribution < -0.4 is 5.32 Å². The van der Waals surface area contributed by atoms with E-state index in [1.165, 1.54) is 21.5 Å². The van der Waals surface area contributed by atoms with E-state index < -0.39 is 38.4 Å². The molecule has 1 amide bonds. The van der Waals surface area contributed by atoms with Crippen LogP contribution in [0.5, 0.6) is 0 Å². The van der Waals surface area contributed by atoms with Crippen molar-refractivity contribution in [2.75, 3.05) is 6.61 Å². The summed E-state index contributed by atoms with van der Waals surface area (Å²) in [5, 5.41) is 16.0. The van der Waals surface area contributed by atoms with Gasteiger partial charge in [0.25, 0.3) is 5.91 Å². The monoisotopic (exact) mass is 584 g/mol. The van der Waals surface area contributed by atoms with Crippen LogP contribution in [0.1, 0.15) is 28.8 Å². The topological polar surface area (TPSA) is 97.8 Å². The lowest BCUT2D eigenvalue weighted by atomic mass is 10.1. The minimum atomic E-state index is -4.50. The number of benzene rings is 1. The fourth-order valence-electron chi connectivity index (χ4n) is 3.61. The van der Waals surface area contributed by atoms with Crippen LogP contribution in [-0.4, -0.2) is 52.1 Å². The number of carbonyl (C=O) groups excluding carboxylic acids is 1. The van der Waals surface area contributed by atoms with Gasteiger partial charge in [-0.1, -0.05) is 31.2 Å². The highest BCUT2D eigenvalue weighted by atomic mass is 35.5. The Morgan fingerprint density at radius 2 is 2.03 bits per heavy atom. The van der Waals surface area contributed by atoms with Crippen molar-refractivity contribution >= 4 is 25.6 Å². The molecule has 1 atom stereocenters. The van der Waals surface area contributed by atoms with E-state index in [4.69, 9.17) is 21.6 Å². The number of halogens is 5. The van der Waals surface area contributed by atoms with Crippen LogP contribution in [0.2, 0.25) is 30.7 Å². The van der Waals surface area contributed by atoms with Gasteiger partial charge in [-0.2, -0.15) is 23.5 Å². The molecule has 8 nitrogen and oxygen atoms in total. The van der Waals surface area contributed by atoms with Crippen LogP contribution in [-0.2, 0) is 24.4 Å². The molecule has 0 fully saturated rings. The van der Waals surface area contributed by atoms with E-state index in [0.717, 1.165) is 12.1 Å². The molecule has 3 aromatic rings. The number of aromatic nitrogens is 4. The maximum absolute atomic E-state index is 14.1. The second-order valence-corrected chi connectivity index (χ2v) is 16.4. The van der Waals surface area contributed by atoms with Crippen molar-refractivity contribution in [2.24, 2.45) is 0 Å². The number of nitrogens with one attached hydrogen (secondary N) is 1. The van der Waals surface area contributed by atoms with E-state index in [1.807, 2.05) is 0 Å². The van der Waals surface area contributed by atoms with E-state index in [0.29, 0.717) is 17.9 Å². The summed E-state index contributed by atoms with van der Waals surface area (Å²) in [6.07, 6.45) is -2.91. The average molecular weight is 585 g/mol. The number of hydrogen-bond donors (Lipinski definition) is 1. The highest BCUT2D eigenvalue weighted by molar-refractivity contribution is 6.76. The summed E-state index contributed by atoms with van der Waals surface area (Å²) in [6.45, 7) is 8.68. The fraction of sp³-hybridized carbons (Fsp3) is 0.440. The molecule has 39 heavy (non-hydrogen) atoms. The second kappa shape index (κ2) is 12.3. The zero-order valence-corrected chi connectivity index (χ0v) is 23.7. The normalized spacial score (nSPS) is 12.8. The zero-order chi connectivity index (χ0) is 29.0. The predicted molar refractivity (Wildman–Crippen MR) is 140 cm³/mol. The molecule has 1 unspecified atom stereocenters. The third-order valence-electron chi connectivity index (χ3n) is 5.61. The Kier molecular flexibility index (Phi) is 9.58. The van der Waals surface area contributed by atoms with Gasteiger partial charge in [-0.05, 0) is 31.2 Å². The molecule has 0 radical (unpaired) electrons. The van der Waals surface area contributed by atoms with Crippen molar-refractivity contribution in [2.45, 2.75) is 64.5 Å². The van der Waals surface area contributed by atoms with E-state index in [2.05, 4.69) is 35.0 Å². The Morgan fingerprint density at radius 1 is 1.31 bits per heavy atom. The highest BCUT2D eigenvalue weighted by Gasteiger charge is 2.31. The SMILES string of the molecule is CC(Cn1ccc(-c2cc(F)c(C#N)c(Cl)c2)n1)NC(=O)c1cn(COCC[Si](C)(C)C)c(CC(F)(F)F)n1. The number of rotatable bonds is 11. The average Bonchev–Trinajstić information content (AvgIpc) is 3.42. The summed E-state index contributed by atoms with van der Waals surface area (Å²) in [7, 11) is -1.37. The van der Waals surface area contributed by atoms with Crippen molar-refractivity contribution in [3.63, 3.8) is 0 Å². The van der Waals surface area contributed by atoms with E-state index in [-0.39, 0.29) is 35.4 Å². The molecule has 0 bridgehead atoms. The minimum Gasteiger partial charge on any atom is -0.361 e. The van der Waals surface area contributed by atoms with E-state index in [9.17, 15) is 22.4 Å². The Labute approximate surface area is 229 Å². The quantitative estimate of drug-likeness (QED) is 0.178. The molecule has 0 aliphatic rings. The Balaban J connectivity index is 1.66. The van der Waals surface area contributed by atoms with Gasteiger partial charge in [0, 0.05) is 38.7 Å².